The van der Waals surface area contributed by atoms with Crippen molar-refractivity contribution >= 4 is 17.2 Å². The molecule has 0 fully saturated rings. The van der Waals surface area contributed by atoms with Crippen LogP contribution in [0, 0.1) is 6.92 Å². The SMILES string of the molecule is CNC(=O)c1ccc(-c2cnc(C)s2)cc1. The van der Waals surface area contributed by atoms with Crippen molar-refractivity contribution in [2.24, 2.45) is 0 Å². The first-order valence-corrected chi connectivity index (χ1v) is 5.77. The highest BCUT2D eigenvalue weighted by molar-refractivity contribution is 7.15. The highest BCUT2D eigenvalue weighted by Gasteiger charge is 2.05. The summed E-state index contributed by atoms with van der Waals surface area (Å²) in [4.78, 5) is 16.7. The fourth-order valence-corrected chi connectivity index (χ4v) is 2.21. The molecule has 0 saturated carbocycles. The molecule has 1 N–H and O–H groups in total. The Hall–Kier alpha value is -1.68. The van der Waals surface area contributed by atoms with Gasteiger partial charge in [0.15, 0.2) is 0 Å². The fraction of sp³-hybridized carbons (Fsp3) is 0.167. The van der Waals surface area contributed by atoms with Gasteiger partial charge in [0.1, 0.15) is 0 Å². The number of amides is 1. The number of carbonyl (C=O) groups is 1. The maximum Gasteiger partial charge on any atom is 0.251 e. The summed E-state index contributed by atoms with van der Waals surface area (Å²) in [5.41, 5.74) is 1.77. The van der Waals surface area contributed by atoms with E-state index in [0.717, 1.165) is 15.4 Å². The third-order valence-electron chi connectivity index (χ3n) is 2.28. The van der Waals surface area contributed by atoms with E-state index < -0.39 is 0 Å². The molecule has 0 atom stereocenters. The number of benzene rings is 1. The van der Waals surface area contributed by atoms with Crippen molar-refractivity contribution in [2.45, 2.75) is 6.92 Å². The Morgan fingerprint density at radius 2 is 2.00 bits per heavy atom. The molecule has 0 saturated heterocycles. The highest BCUT2D eigenvalue weighted by atomic mass is 32.1. The molecule has 2 rings (SSSR count). The monoisotopic (exact) mass is 232 g/mol. The van der Waals surface area contributed by atoms with E-state index in [1.807, 2.05) is 37.4 Å². The molecule has 4 heteroatoms. The van der Waals surface area contributed by atoms with Gasteiger partial charge in [-0.2, -0.15) is 0 Å². The van der Waals surface area contributed by atoms with Crippen LogP contribution in [0.15, 0.2) is 30.5 Å². The topological polar surface area (TPSA) is 42.0 Å². The minimum absolute atomic E-state index is 0.0629. The maximum atomic E-state index is 11.3. The average Bonchev–Trinajstić information content (AvgIpc) is 2.75. The van der Waals surface area contributed by atoms with Crippen LogP contribution in [-0.4, -0.2) is 17.9 Å². The molecule has 1 aromatic heterocycles. The van der Waals surface area contributed by atoms with Gasteiger partial charge in [0.2, 0.25) is 0 Å². The zero-order chi connectivity index (χ0) is 11.5. The van der Waals surface area contributed by atoms with E-state index in [0.29, 0.717) is 5.56 Å². The van der Waals surface area contributed by atoms with Gasteiger partial charge in [-0.3, -0.25) is 4.79 Å². The molecule has 0 aliphatic carbocycles. The van der Waals surface area contributed by atoms with Crippen LogP contribution in [0.4, 0.5) is 0 Å². The summed E-state index contributed by atoms with van der Waals surface area (Å²) in [7, 11) is 1.63. The molecular weight excluding hydrogens is 220 g/mol. The molecule has 1 amide bonds. The Balaban J connectivity index is 2.29. The molecule has 82 valence electrons. The molecule has 0 bridgehead atoms. The van der Waals surface area contributed by atoms with Gasteiger partial charge in [-0.15, -0.1) is 11.3 Å². The lowest BCUT2D eigenvalue weighted by Crippen LogP contribution is -2.17. The second kappa shape index (κ2) is 4.45. The average molecular weight is 232 g/mol. The lowest BCUT2D eigenvalue weighted by atomic mass is 10.1. The van der Waals surface area contributed by atoms with Crippen LogP contribution in [0.1, 0.15) is 15.4 Å². The summed E-state index contributed by atoms with van der Waals surface area (Å²) in [5.74, 6) is -0.0629. The van der Waals surface area contributed by atoms with Gasteiger partial charge in [0, 0.05) is 18.8 Å². The molecule has 1 aromatic carbocycles. The predicted molar refractivity (Wildman–Crippen MR) is 65.7 cm³/mol. The first kappa shape index (κ1) is 10.8. The molecule has 0 unspecified atom stereocenters. The number of hydrogen-bond donors (Lipinski definition) is 1. The minimum atomic E-state index is -0.0629. The number of rotatable bonds is 2. The van der Waals surface area contributed by atoms with E-state index in [1.165, 1.54) is 0 Å². The first-order valence-electron chi connectivity index (χ1n) is 4.95. The molecule has 16 heavy (non-hydrogen) atoms. The van der Waals surface area contributed by atoms with E-state index >= 15 is 0 Å². The molecule has 0 aliphatic rings. The van der Waals surface area contributed by atoms with Crippen molar-refractivity contribution in [3.63, 3.8) is 0 Å². The van der Waals surface area contributed by atoms with Crippen molar-refractivity contribution in [2.75, 3.05) is 7.05 Å². The zero-order valence-electron chi connectivity index (χ0n) is 9.15. The Kier molecular flexibility index (Phi) is 3.01. The largest absolute Gasteiger partial charge is 0.355 e. The van der Waals surface area contributed by atoms with Crippen LogP contribution in [0.5, 0.6) is 0 Å². The van der Waals surface area contributed by atoms with Gasteiger partial charge < -0.3 is 5.32 Å². The summed E-state index contributed by atoms with van der Waals surface area (Å²) >= 11 is 1.65. The summed E-state index contributed by atoms with van der Waals surface area (Å²) in [5, 5.41) is 3.64. The van der Waals surface area contributed by atoms with E-state index in [9.17, 15) is 4.79 Å². The molecule has 3 nitrogen and oxygen atoms in total. The molecule has 2 aromatic rings. The van der Waals surface area contributed by atoms with E-state index in [2.05, 4.69) is 10.3 Å². The quantitative estimate of drug-likeness (QED) is 0.864. The van der Waals surface area contributed by atoms with Gasteiger partial charge in [-0.25, -0.2) is 4.98 Å². The van der Waals surface area contributed by atoms with Gasteiger partial charge in [0.05, 0.1) is 9.88 Å². The van der Waals surface area contributed by atoms with E-state index in [-0.39, 0.29) is 5.91 Å². The third kappa shape index (κ3) is 2.12. The number of thiazole rings is 1. The van der Waals surface area contributed by atoms with E-state index in [4.69, 9.17) is 0 Å². The van der Waals surface area contributed by atoms with Gasteiger partial charge in [-0.1, -0.05) is 12.1 Å². The second-order valence-corrected chi connectivity index (χ2v) is 4.63. The normalized spacial score (nSPS) is 10.1. The van der Waals surface area contributed by atoms with Crippen LogP contribution >= 0.6 is 11.3 Å². The Labute approximate surface area is 98.2 Å². The number of nitrogens with one attached hydrogen (secondary N) is 1. The standard InChI is InChI=1S/C12H12N2OS/c1-8-14-7-11(16-8)9-3-5-10(6-4-9)12(15)13-2/h3-7H,1-2H3,(H,13,15). The van der Waals surface area contributed by atoms with Crippen LogP contribution < -0.4 is 5.32 Å². The van der Waals surface area contributed by atoms with Crippen molar-refractivity contribution in [3.05, 3.63) is 41.0 Å². The Morgan fingerprint density at radius 3 is 2.50 bits per heavy atom. The summed E-state index contributed by atoms with van der Waals surface area (Å²) in [6.45, 7) is 1.98. The lowest BCUT2D eigenvalue weighted by molar-refractivity contribution is 0.0963. The van der Waals surface area contributed by atoms with Crippen molar-refractivity contribution in [1.29, 1.82) is 0 Å². The zero-order valence-corrected chi connectivity index (χ0v) is 9.97. The predicted octanol–water partition coefficient (Wildman–Crippen LogP) is 2.48. The number of carbonyl (C=O) groups excluding carboxylic acids is 1. The molecular formula is C12H12N2OS. The van der Waals surface area contributed by atoms with Crippen molar-refractivity contribution in [3.8, 4) is 10.4 Å². The van der Waals surface area contributed by atoms with Crippen LogP contribution in [0.25, 0.3) is 10.4 Å². The summed E-state index contributed by atoms with van der Waals surface area (Å²) in [6, 6.07) is 7.53. The molecule has 1 heterocycles. The maximum absolute atomic E-state index is 11.3. The smallest absolute Gasteiger partial charge is 0.251 e. The summed E-state index contributed by atoms with van der Waals surface area (Å²) < 4.78 is 0. The van der Waals surface area contributed by atoms with Crippen LogP contribution in [0.3, 0.4) is 0 Å². The van der Waals surface area contributed by atoms with Gasteiger partial charge in [0.25, 0.3) is 5.91 Å². The van der Waals surface area contributed by atoms with Crippen LogP contribution in [0.2, 0.25) is 0 Å². The Morgan fingerprint density at radius 1 is 1.31 bits per heavy atom. The number of aryl methyl sites for hydroxylation is 1. The minimum Gasteiger partial charge on any atom is -0.355 e. The first-order chi connectivity index (χ1) is 7.70. The fourth-order valence-electron chi connectivity index (χ4n) is 1.43. The molecule has 0 spiro atoms. The van der Waals surface area contributed by atoms with Gasteiger partial charge >= 0.3 is 0 Å². The van der Waals surface area contributed by atoms with Gasteiger partial charge in [-0.05, 0) is 24.6 Å². The van der Waals surface area contributed by atoms with Crippen molar-refractivity contribution in [1.82, 2.24) is 10.3 Å². The number of aromatic nitrogens is 1. The number of nitrogens with zero attached hydrogens (tertiary/aromatic N) is 1. The number of hydrogen-bond acceptors (Lipinski definition) is 3. The van der Waals surface area contributed by atoms with Crippen molar-refractivity contribution < 1.29 is 4.79 Å². The van der Waals surface area contributed by atoms with E-state index in [1.54, 1.807) is 18.4 Å². The summed E-state index contributed by atoms with van der Waals surface area (Å²) in [6.07, 6.45) is 1.86. The molecule has 0 aliphatic heterocycles. The lowest BCUT2D eigenvalue weighted by Gasteiger charge is -2.00. The highest BCUT2D eigenvalue weighted by Crippen LogP contribution is 2.25. The second-order valence-electron chi connectivity index (χ2n) is 3.40. The Bertz CT molecular complexity index is 502. The third-order valence-corrected chi connectivity index (χ3v) is 3.24. The van der Waals surface area contributed by atoms with Crippen LogP contribution in [-0.2, 0) is 0 Å². The molecule has 0 radical (unpaired) electrons.